The summed E-state index contributed by atoms with van der Waals surface area (Å²) in [6.45, 7) is 4.86. The van der Waals surface area contributed by atoms with Gasteiger partial charge in [0.05, 0.1) is 16.4 Å². The van der Waals surface area contributed by atoms with Crippen molar-refractivity contribution in [2.75, 3.05) is 37.6 Å². The van der Waals surface area contributed by atoms with Crippen molar-refractivity contribution >= 4 is 21.9 Å². The van der Waals surface area contributed by atoms with E-state index in [1.165, 1.54) is 0 Å². The van der Waals surface area contributed by atoms with E-state index < -0.39 is 10.0 Å². The molecule has 1 spiro atoms. The number of hydrogen-bond acceptors (Lipinski definition) is 6. The molecule has 0 unspecified atom stereocenters. The first-order valence-corrected chi connectivity index (χ1v) is 12.3. The van der Waals surface area contributed by atoms with E-state index in [9.17, 15) is 13.2 Å². The van der Waals surface area contributed by atoms with Crippen molar-refractivity contribution in [3.05, 3.63) is 48.8 Å². The largest absolute Gasteiger partial charge is 0.340 e. The number of piperidine rings is 1. The molecule has 4 heterocycles. The van der Waals surface area contributed by atoms with E-state index in [1.807, 2.05) is 17.9 Å². The van der Waals surface area contributed by atoms with Crippen molar-refractivity contribution in [2.24, 2.45) is 11.8 Å². The zero-order valence-electron chi connectivity index (χ0n) is 17.6. The van der Waals surface area contributed by atoms with Gasteiger partial charge in [-0.1, -0.05) is 18.2 Å². The maximum absolute atomic E-state index is 13.3. The smallest absolute Gasteiger partial charge is 0.243 e. The number of amides is 1. The fourth-order valence-corrected chi connectivity index (χ4v) is 7.27. The highest BCUT2D eigenvalue weighted by atomic mass is 32.2. The lowest BCUT2D eigenvalue weighted by atomic mass is 9.75. The fraction of sp³-hybridized carbons (Fsp3) is 0.500. The van der Waals surface area contributed by atoms with Gasteiger partial charge in [0.2, 0.25) is 21.9 Å². The van der Waals surface area contributed by atoms with Crippen LogP contribution in [0.15, 0.2) is 53.7 Å². The Kier molecular flexibility index (Phi) is 4.97. The second-order valence-corrected chi connectivity index (χ2v) is 10.5. The Morgan fingerprint density at radius 3 is 2.35 bits per heavy atom. The van der Waals surface area contributed by atoms with Crippen LogP contribution in [0.4, 0.5) is 5.95 Å². The highest BCUT2D eigenvalue weighted by molar-refractivity contribution is 7.89. The molecule has 0 bridgehead atoms. The van der Waals surface area contributed by atoms with Crippen LogP contribution in [-0.4, -0.2) is 71.8 Å². The van der Waals surface area contributed by atoms with Gasteiger partial charge in [0.25, 0.3) is 0 Å². The average molecular weight is 442 g/mol. The topological polar surface area (TPSA) is 86.7 Å². The number of carbonyl (C=O) groups is 1. The molecule has 1 aromatic carbocycles. The van der Waals surface area contributed by atoms with E-state index in [4.69, 9.17) is 0 Å². The number of sulfonamides is 1. The van der Waals surface area contributed by atoms with Crippen molar-refractivity contribution in [2.45, 2.75) is 30.2 Å². The first kappa shape index (κ1) is 20.4. The summed E-state index contributed by atoms with van der Waals surface area (Å²) in [5.41, 5.74) is -0.303. The first-order chi connectivity index (χ1) is 15.0. The van der Waals surface area contributed by atoms with E-state index in [0.29, 0.717) is 49.9 Å². The number of hydrogen-bond donors (Lipinski definition) is 0. The lowest BCUT2D eigenvalue weighted by Crippen LogP contribution is -2.57. The van der Waals surface area contributed by atoms with E-state index in [0.717, 1.165) is 6.54 Å². The summed E-state index contributed by atoms with van der Waals surface area (Å²) >= 11 is 0. The molecule has 1 amide bonds. The highest BCUT2D eigenvalue weighted by Gasteiger charge is 2.61. The van der Waals surface area contributed by atoms with Crippen molar-refractivity contribution in [3.63, 3.8) is 0 Å². The van der Waals surface area contributed by atoms with E-state index in [-0.39, 0.29) is 23.3 Å². The summed E-state index contributed by atoms with van der Waals surface area (Å²) in [6.07, 6.45) is 4.76. The zero-order valence-corrected chi connectivity index (χ0v) is 18.4. The van der Waals surface area contributed by atoms with Crippen molar-refractivity contribution < 1.29 is 13.2 Å². The minimum atomic E-state index is -3.52. The second-order valence-electron chi connectivity index (χ2n) is 8.57. The molecule has 5 rings (SSSR count). The minimum absolute atomic E-state index is 0.0824. The van der Waals surface area contributed by atoms with Gasteiger partial charge >= 0.3 is 0 Å². The summed E-state index contributed by atoms with van der Waals surface area (Å²) in [6, 6.07) is 10.4. The minimum Gasteiger partial charge on any atom is -0.340 e. The molecule has 164 valence electrons. The quantitative estimate of drug-likeness (QED) is 0.717. The molecule has 3 aliphatic rings. The third-order valence-corrected chi connectivity index (χ3v) is 9.16. The van der Waals surface area contributed by atoms with Gasteiger partial charge in [-0.3, -0.25) is 4.79 Å². The maximum atomic E-state index is 13.3. The predicted molar refractivity (Wildman–Crippen MR) is 116 cm³/mol. The van der Waals surface area contributed by atoms with Gasteiger partial charge in [-0.05, 0) is 38.0 Å². The third-order valence-electron chi connectivity index (χ3n) is 7.25. The number of nitrogens with zero attached hydrogens (tertiary/aromatic N) is 5. The van der Waals surface area contributed by atoms with Crippen LogP contribution in [0.5, 0.6) is 0 Å². The summed E-state index contributed by atoms with van der Waals surface area (Å²) in [4.78, 5) is 26.5. The van der Waals surface area contributed by atoms with Gasteiger partial charge in [-0.15, -0.1) is 0 Å². The fourth-order valence-electron chi connectivity index (χ4n) is 5.80. The molecule has 31 heavy (non-hydrogen) atoms. The Hall–Kier alpha value is -2.52. The van der Waals surface area contributed by atoms with Crippen molar-refractivity contribution in [1.29, 1.82) is 0 Å². The Labute approximate surface area is 182 Å². The summed E-state index contributed by atoms with van der Waals surface area (Å²) in [5, 5.41) is 0. The van der Waals surface area contributed by atoms with Crippen LogP contribution < -0.4 is 4.90 Å². The Bertz CT molecular complexity index is 1060. The number of carbonyl (C=O) groups excluding carboxylic acids is 1. The lowest BCUT2D eigenvalue weighted by Gasteiger charge is -2.47. The van der Waals surface area contributed by atoms with Crippen LogP contribution in [0.1, 0.15) is 19.8 Å². The number of likely N-dealkylation sites (tertiary alicyclic amines) is 1. The van der Waals surface area contributed by atoms with Crippen LogP contribution in [0.3, 0.4) is 0 Å². The van der Waals surface area contributed by atoms with Gasteiger partial charge in [-0.25, -0.2) is 18.4 Å². The number of benzene rings is 1. The Morgan fingerprint density at radius 2 is 1.71 bits per heavy atom. The zero-order chi connectivity index (χ0) is 21.6. The van der Waals surface area contributed by atoms with Crippen LogP contribution in [0.2, 0.25) is 0 Å². The van der Waals surface area contributed by atoms with Crippen molar-refractivity contribution in [1.82, 2.24) is 19.2 Å². The molecule has 0 radical (unpaired) electrons. The molecule has 3 fully saturated rings. The maximum Gasteiger partial charge on any atom is 0.243 e. The van der Waals surface area contributed by atoms with E-state index in [1.54, 1.807) is 47.0 Å². The van der Waals surface area contributed by atoms with Gasteiger partial charge in [0.15, 0.2) is 0 Å². The number of anilines is 1. The molecular weight excluding hydrogens is 414 g/mol. The summed E-state index contributed by atoms with van der Waals surface area (Å²) in [5.74, 6) is 0.920. The standard InChI is InChI=1S/C22H27N5O3S/c1-2-27-20(28)18-15-25(21-23-11-6-12-24-21)16-19(18)22(27)9-13-26(14-10-22)31(29,30)17-7-4-3-5-8-17/h3-8,11-12,18-19H,2,9-10,13-16H2,1H3/t18-,19+/m1/s1. The Balaban J connectivity index is 1.39. The molecule has 0 aliphatic carbocycles. The van der Waals surface area contributed by atoms with Crippen molar-refractivity contribution in [3.8, 4) is 0 Å². The highest BCUT2D eigenvalue weighted by Crippen LogP contribution is 2.50. The normalized spacial score (nSPS) is 25.9. The summed E-state index contributed by atoms with van der Waals surface area (Å²) in [7, 11) is -3.52. The second kappa shape index (κ2) is 7.56. The van der Waals surface area contributed by atoms with Crippen LogP contribution >= 0.6 is 0 Å². The van der Waals surface area contributed by atoms with Crippen LogP contribution in [0, 0.1) is 11.8 Å². The molecule has 8 nitrogen and oxygen atoms in total. The Morgan fingerprint density at radius 1 is 1.03 bits per heavy atom. The molecule has 3 saturated heterocycles. The molecule has 0 saturated carbocycles. The van der Waals surface area contributed by atoms with Crippen LogP contribution in [-0.2, 0) is 14.8 Å². The molecule has 1 aromatic heterocycles. The molecule has 2 atom stereocenters. The van der Waals surface area contributed by atoms with Gasteiger partial charge in [0, 0.05) is 51.0 Å². The number of rotatable bonds is 4. The first-order valence-electron chi connectivity index (χ1n) is 10.9. The van der Waals surface area contributed by atoms with Gasteiger partial charge < -0.3 is 9.80 Å². The van der Waals surface area contributed by atoms with Crippen LogP contribution in [0.25, 0.3) is 0 Å². The lowest BCUT2D eigenvalue weighted by molar-refractivity contribution is -0.134. The molecule has 0 N–H and O–H groups in total. The molecule has 9 heteroatoms. The molecule has 3 aliphatic heterocycles. The van der Waals surface area contributed by atoms with E-state index >= 15 is 0 Å². The SMILES string of the molecule is CCN1C(=O)[C@@H]2CN(c3ncccn3)C[C@@H]2C12CCN(S(=O)(=O)c1ccccc1)CC2. The number of aromatic nitrogens is 2. The van der Waals surface area contributed by atoms with Gasteiger partial charge in [-0.2, -0.15) is 4.31 Å². The molecular formula is C22H27N5O3S. The predicted octanol–water partition coefficient (Wildman–Crippen LogP) is 1.61. The number of fused-ring (bicyclic) bond motifs is 2. The molecule has 2 aromatic rings. The average Bonchev–Trinajstić information content (AvgIpc) is 3.34. The monoisotopic (exact) mass is 441 g/mol. The van der Waals surface area contributed by atoms with Gasteiger partial charge in [0.1, 0.15) is 0 Å². The third kappa shape index (κ3) is 3.13. The van der Waals surface area contributed by atoms with E-state index in [2.05, 4.69) is 14.9 Å². The summed E-state index contributed by atoms with van der Waals surface area (Å²) < 4.78 is 27.8.